The molecule has 0 radical (unpaired) electrons. The van der Waals surface area contributed by atoms with E-state index in [1.54, 1.807) is 0 Å². The Morgan fingerprint density at radius 2 is 1.77 bits per heavy atom. The molecule has 2 aliphatic rings. The van der Waals surface area contributed by atoms with Crippen LogP contribution in [-0.2, 0) is 36.9 Å². The zero-order valence-electron chi connectivity index (χ0n) is 20.0. The smallest absolute Gasteiger partial charge is 0.323 e. The van der Waals surface area contributed by atoms with Gasteiger partial charge in [-0.25, -0.2) is 0 Å². The van der Waals surface area contributed by atoms with E-state index < -0.39 is 12.0 Å². The number of aromatic amines is 1. The summed E-state index contributed by atoms with van der Waals surface area (Å²) in [5.74, 6) is 0.0797. The first-order chi connectivity index (χ1) is 17.0. The van der Waals surface area contributed by atoms with E-state index in [9.17, 15) is 14.4 Å². The number of carbonyl (C=O) groups excluding carboxylic acids is 3. The Kier molecular flexibility index (Phi) is 8.52. The van der Waals surface area contributed by atoms with E-state index >= 15 is 0 Å². The Hall–Kier alpha value is -3.20. The Morgan fingerprint density at radius 3 is 2.49 bits per heavy atom. The van der Waals surface area contributed by atoms with Crippen LogP contribution in [0.3, 0.4) is 0 Å². The maximum atomic E-state index is 12.3. The molecule has 2 saturated carbocycles. The second-order valence-electron chi connectivity index (χ2n) is 9.53. The molecule has 4 rings (SSSR count). The second-order valence-corrected chi connectivity index (χ2v) is 9.53. The lowest BCUT2D eigenvalue weighted by atomic mass is 9.98. The second kappa shape index (κ2) is 12.0. The van der Waals surface area contributed by atoms with Crippen molar-refractivity contribution in [1.29, 1.82) is 0 Å². The molecule has 188 valence electrons. The number of amides is 1. The van der Waals surface area contributed by atoms with Crippen molar-refractivity contribution in [3.05, 3.63) is 47.2 Å². The minimum atomic E-state index is -0.876. The van der Waals surface area contributed by atoms with Crippen LogP contribution in [0.2, 0.25) is 0 Å². The van der Waals surface area contributed by atoms with Crippen LogP contribution < -0.4 is 11.1 Å². The van der Waals surface area contributed by atoms with Crippen molar-refractivity contribution in [2.75, 3.05) is 5.32 Å². The van der Waals surface area contributed by atoms with Gasteiger partial charge in [0.2, 0.25) is 5.91 Å². The van der Waals surface area contributed by atoms with Crippen molar-refractivity contribution < 1.29 is 23.9 Å². The predicted molar refractivity (Wildman–Crippen MR) is 129 cm³/mol. The fourth-order valence-electron chi connectivity index (χ4n) is 4.21. The van der Waals surface area contributed by atoms with Crippen LogP contribution in [0, 0.1) is 0 Å². The number of ether oxygens (including phenoxy) is 2. The first-order valence-electron chi connectivity index (χ1n) is 12.5. The molecule has 1 aromatic heterocycles. The molecule has 1 aromatic carbocycles. The monoisotopic (exact) mass is 482 g/mol. The highest BCUT2D eigenvalue weighted by Crippen LogP contribution is 2.39. The average molecular weight is 483 g/mol. The molecule has 1 heterocycles. The Balaban J connectivity index is 1.13. The van der Waals surface area contributed by atoms with Crippen LogP contribution in [0.1, 0.15) is 80.5 Å². The molecule has 2 aliphatic carbocycles. The van der Waals surface area contributed by atoms with Gasteiger partial charge >= 0.3 is 11.9 Å². The maximum Gasteiger partial charge on any atom is 0.323 e. The highest BCUT2D eigenvalue weighted by Gasteiger charge is 2.25. The third-order valence-corrected chi connectivity index (χ3v) is 6.46. The molecule has 0 saturated heterocycles. The van der Waals surface area contributed by atoms with Gasteiger partial charge in [-0.2, -0.15) is 5.10 Å². The van der Waals surface area contributed by atoms with Crippen molar-refractivity contribution >= 4 is 23.7 Å². The number of nitrogens with one attached hydrogen (secondary N) is 2. The number of carbonyl (C=O) groups is 3. The Bertz CT molecular complexity index is 1010. The van der Waals surface area contributed by atoms with Crippen molar-refractivity contribution in [1.82, 2.24) is 10.2 Å². The molecule has 0 bridgehead atoms. The standard InChI is InChI=1S/C26H34N4O5/c27-21(12-13-25(32)35-20-4-2-1-3-5-20)26(33)34-16-18-8-6-17(7-9-18)14-24(31)28-23-15-22(29-30-23)19-10-11-19/h6-9,15,19-21H,1-5,10-14,16,27H2,(H2,28,29,30,31). The van der Waals surface area contributed by atoms with E-state index in [1.807, 2.05) is 30.3 Å². The summed E-state index contributed by atoms with van der Waals surface area (Å²) in [5.41, 5.74) is 8.58. The Labute approximate surface area is 205 Å². The van der Waals surface area contributed by atoms with Gasteiger partial charge < -0.3 is 20.5 Å². The van der Waals surface area contributed by atoms with Crippen LogP contribution >= 0.6 is 0 Å². The summed E-state index contributed by atoms with van der Waals surface area (Å²) in [4.78, 5) is 36.5. The summed E-state index contributed by atoms with van der Waals surface area (Å²) in [6.45, 7) is 0.0722. The van der Waals surface area contributed by atoms with E-state index in [2.05, 4.69) is 15.5 Å². The lowest BCUT2D eigenvalue weighted by molar-refractivity contribution is -0.151. The molecular weight excluding hydrogens is 448 g/mol. The van der Waals surface area contributed by atoms with Gasteiger partial charge in [0.05, 0.1) is 6.42 Å². The predicted octanol–water partition coefficient (Wildman–Crippen LogP) is 3.49. The molecule has 1 atom stereocenters. The lowest BCUT2D eigenvalue weighted by Crippen LogP contribution is -2.33. The normalized spacial score (nSPS) is 16.9. The van der Waals surface area contributed by atoms with E-state index in [0.717, 1.165) is 55.3 Å². The highest BCUT2D eigenvalue weighted by atomic mass is 16.5. The molecule has 1 amide bonds. The lowest BCUT2D eigenvalue weighted by Gasteiger charge is -2.22. The molecule has 9 heteroatoms. The number of benzene rings is 1. The van der Waals surface area contributed by atoms with Gasteiger partial charge in [-0.3, -0.25) is 19.5 Å². The molecule has 0 spiro atoms. The average Bonchev–Trinajstić information content (AvgIpc) is 3.61. The molecule has 35 heavy (non-hydrogen) atoms. The summed E-state index contributed by atoms with van der Waals surface area (Å²) in [7, 11) is 0. The number of esters is 2. The number of hydrogen-bond acceptors (Lipinski definition) is 7. The minimum absolute atomic E-state index is 0.000960. The number of nitrogens with zero attached hydrogens (tertiary/aromatic N) is 1. The minimum Gasteiger partial charge on any atom is -0.462 e. The third kappa shape index (κ3) is 7.92. The number of aromatic nitrogens is 2. The van der Waals surface area contributed by atoms with Gasteiger partial charge in [0.1, 0.15) is 18.8 Å². The number of anilines is 1. The van der Waals surface area contributed by atoms with E-state index in [-0.39, 0.29) is 43.8 Å². The molecule has 2 aromatic rings. The third-order valence-electron chi connectivity index (χ3n) is 6.46. The summed E-state index contributed by atoms with van der Waals surface area (Å²) in [6.07, 6.45) is 8.02. The van der Waals surface area contributed by atoms with Crippen LogP contribution in [0.4, 0.5) is 5.82 Å². The Morgan fingerprint density at radius 1 is 1.06 bits per heavy atom. The van der Waals surface area contributed by atoms with Gasteiger partial charge in [-0.05, 0) is 56.1 Å². The molecular formula is C26H34N4O5. The quantitative estimate of drug-likeness (QED) is 0.417. The fourth-order valence-corrected chi connectivity index (χ4v) is 4.21. The summed E-state index contributed by atoms with van der Waals surface area (Å²) in [6, 6.07) is 8.27. The highest BCUT2D eigenvalue weighted by molar-refractivity contribution is 5.91. The van der Waals surface area contributed by atoms with Crippen LogP contribution in [0.5, 0.6) is 0 Å². The zero-order valence-corrected chi connectivity index (χ0v) is 20.0. The molecule has 0 aliphatic heterocycles. The number of hydrogen-bond donors (Lipinski definition) is 3. The van der Waals surface area contributed by atoms with Gasteiger partial charge in [-0.1, -0.05) is 30.7 Å². The van der Waals surface area contributed by atoms with Crippen molar-refractivity contribution in [2.24, 2.45) is 5.73 Å². The van der Waals surface area contributed by atoms with Crippen LogP contribution in [-0.4, -0.2) is 40.2 Å². The van der Waals surface area contributed by atoms with Crippen LogP contribution in [0.15, 0.2) is 30.3 Å². The largest absolute Gasteiger partial charge is 0.462 e. The molecule has 9 nitrogen and oxygen atoms in total. The number of H-pyrrole nitrogens is 1. The molecule has 2 fully saturated rings. The van der Waals surface area contributed by atoms with Gasteiger partial charge in [0.25, 0.3) is 0 Å². The summed E-state index contributed by atoms with van der Waals surface area (Å²) < 4.78 is 10.7. The zero-order chi connectivity index (χ0) is 24.6. The number of rotatable bonds is 11. The van der Waals surface area contributed by atoms with E-state index in [0.29, 0.717) is 11.7 Å². The number of nitrogens with two attached hydrogens (primary N) is 1. The first kappa shape index (κ1) is 24.9. The molecule has 1 unspecified atom stereocenters. The molecule has 4 N–H and O–H groups in total. The topological polar surface area (TPSA) is 136 Å². The summed E-state index contributed by atoms with van der Waals surface area (Å²) >= 11 is 0. The van der Waals surface area contributed by atoms with Gasteiger partial charge in [-0.15, -0.1) is 0 Å². The van der Waals surface area contributed by atoms with Crippen molar-refractivity contribution in [3.63, 3.8) is 0 Å². The fraction of sp³-hybridized carbons (Fsp3) is 0.538. The van der Waals surface area contributed by atoms with Gasteiger partial charge in [0, 0.05) is 24.1 Å². The van der Waals surface area contributed by atoms with Gasteiger partial charge in [0.15, 0.2) is 5.82 Å². The first-order valence-corrected chi connectivity index (χ1v) is 12.5. The van der Waals surface area contributed by atoms with Crippen LogP contribution in [0.25, 0.3) is 0 Å². The maximum absolute atomic E-state index is 12.3. The van der Waals surface area contributed by atoms with Crippen molar-refractivity contribution in [2.45, 2.75) is 88.9 Å². The van der Waals surface area contributed by atoms with E-state index in [4.69, 9.17) is 15.2 Å². The summed E-state index contributed by atoms with van der Waals surface area (Å²) in [5, 5.41) is 9.91. The van der Waals surface area contributed by atoms with Crippen molar-refractivity contribution in [3.8, 4) is 0 Å². The van der Waals surface area contributed by atoms with E-state index in [1.165, 1.54) is 6.42 Å². The SMILES string of the molecule is NC(CCC(=O)OC1CCCCC1)C(=O)OCc1ccc(CC(=O)Nc2cc(C3CC3)[nH]n2)cc1.